The molecule has 25 heavy (non-hydrogen) atoms. The van der Waals surface area contributed by atoms with Crippen LogP contribution in [0.15, 0.2) is 24.3 Å². The van der Waals surface area contributed by atoms with Gasteiger partial charge in [-0.05, 0) is 43.5 Å². The van der Waals surface area contributed by atoms with Gasteiger partial charge in [-0.3, -0.25) is 0 Å². The third kappa shape index (κ3) is 10.7. The van der Waals surface area contributed by atoms with Crippen molar-refractivity contribution in [1.29, 1.82) is 0 Å². The molecule has 0 radical (unpaired) electrons. The average Bonchev–Trinajstić information content (AvgIpc) is 2.68. The minimum absolute atomic E-state index is 0. The standard InChI is InChI=1S/C12H25N.C9H13N.C2H6.H2/c1-4-11(10-13(2)3)12-8-6-5-7-9-12;1-2-8-4-3-5-9(6-8)7-10;1-2;/h11-12H,4-10H2,1-3H3;3-6H,2,7,10H2,1H3;1-2H3;1H/t11-;;;/m1.../s1. The lowest BCUT2D eigenvalue weighted by Crippen LogP contribution is -2.28. The van der Waals surface area contributed by atoms with Crippen LogP contribution < -0.4 is 5.73 Å². The first-order valence-corrected chi connectivity index (χ1v) is 10.5. The van der Waals surface area contributed by atoms with Gasteiger partial charge in [-0.1, -0.05) is 90.5 Å². The molecule has 1 aromatic rings. The smallest absolute Gasteiger partial charge is 0.0178 e. The summed E-state index contributed by atoms with van der Waals surface area (Å²) < 4.78 is 0. The molecule has 1 atom stereocenters. The van der Waals surface area contributed by atoms with Crippen LogP contribution in [0.2, 0.25) is 0 Å². The van der Waals surface area contributed by atoms with Gasteiger partial charge in [0, 0.05) is 14.5 Å². The maximum atomic E-state index is 5.47. The Bertz CT molecular complexity index is 395. The van der Waals surface area contributed by atoms with E-state index >= 15 is 0 Å². The van der Waals surface area contributed by atoms with Crippen molar-refractivity contribution in [2.24, 2.45) is 17.6 Å². The summed E-state index contributed by atoms with van der Waals surface area (Å²) in [5.74, 6) is 1.98. The van der Waals surface area contributed by atoms with Crippen LogP contribution in [0.1, 0.15) is 78.8 Å². The second kappa shape index (κ2) is 15.4. The molecule has 0 bridgehead atoms. The molecule has 1 fully saturated rings. The number of hydrogen-bond donors (Lipinski definition) is 1. The van der Waals surface area contributed by atoms with Crippen molar-refractivity contribution in [3.05, 3.63) is 35.4 Å². The predicted octanol–water partition coefficient (Wildman–Crippen LogP) is 6.13. The third-order valence-corrected chi connectivity index (χ3v) is 5.08. The van der Waals surface area contributed by atoms with E-state index in [9.17, 15) is 0 Å². The highest BCUT2D eigenvalue weighted by atomic mass is 15.1. The van der Waals surface area contributed by atoms with Crippen LogP contribution in [-0.2, 0) is 13.0 Å². The van der Waals surface area contributed by atoms with Gasteiger partial charge in [0.2, 0.25) is 0 Å². The van der Waals surface area contributed by atoms with E-state index in [0.717, 1.165) is 18.3 Å². The summed E-state index contributed by atoms with van der Waals surface area (Å²) in [5, 5.41) is 0. The molecule has 1 saturated carbocycles. The molecule has 0 spiro atoms. The van der Waals surface area contributed by atoms with E-state index in [2.05, 4.69) is 57.1 Å². The Labute approximate surface area is 159 Å². The van der Waals surface area contributed by atoms with E-state index in [-0.39, 0.29) is 1.43 Å². The van der Waals surface area contributed by atoms with Crippen molar-refractivity contribution < 1.29 is 1.43 Å². The average molecular weight is 351 g/mol. The van der Waals surface area contributed by atoms with Crippen LogP contribution in [0.3, 0.4) is 0 Å². The van der Waals surface area contributed by atoms with Gasteiger partial charge in [-0.25, -0.2) is 0 Å². The van der Waals surface area contributed by atoms with Gasteiger partial charge in [-0.2, -0.15) is 0 Å². The summed E-state index contributed by atoms with van der Waals surface area (Å²) in [5.41, 5.74) is 8.06. The molecule has 0 saturated heterocycles. The summed E-state index contributed by atoms with van der Waals surface area (Å²) in [4.78, 5) is 2.35. The molecule has 0 unspecified atom stereocenters. The Kier molecular flexibility index (Phi) is 14.9. The number of rotatable bonds is 6. The SMILES string of the molecule is CC.CC[C@H](CN(C)C)C1CCCCC1.CCc1cccc(CN)c1.[HH]. The van der Waals surface area contributed by atoms with Gasteiger partial charge in [0.05, 0.1) is 0 Å². The van der Waals surface area contributed by atoms with E-state index in [1.807, 2.05) is 13.8 Å². The molecule has 2 N–H and O–H groups in total. The van der Waals surface area contributed by atoms with Gasteiger partial charge in [0.15, 0.2) is 0 Å². The molecular weight excluding hydrogens is 304 g/mol. The lowest BCUT2D eigenvalue weighted by molar-refractivity contribution is 0.194. The van der Waals surface area contributed by atoms with Crippen LogP contribution in [0.5, 0.6) is 0 Å². The molecule has 2 heteroatoms. The van der Waals surface area contributed by atoms with Gasteiger partial charge >= 0.3 is 0 Å². The number of aryl methyl sites for hydroxylation is 1. The first-order chi connectivity index (χ1) is 12.1. The fraction of sp³-hybridized carbons (Fsp3) is 0.739. The van der Waals surface area contributed by atoms with Crippen LogP contribution in [0.4, 0.5) is 0 Å². The summed E-state index contributed by atoms with van der Waals surface area (Å²) >= 11 is 0. The molecule has 1 aromatic carbocycles. The summed E-state index contributed by atoms with van der Waals surface area (Å²) in [6, 6.07) is 8.39. The van der Waals surface area contributed by atoms with E-state index in [1.54, 1.807) is 0 Å². The fourth-order valence-corrected chi connectivity index (χ4v) is 3.66. The van der Waals surface area contributed by atoms with Crippen LogP contribution in [0.25, 0.3) is 0 Å². The summed E-state index contributed by atoms with van der Waals surface area (Å²) in [7, 11) is 4.40. The van der Waals surface area contributed by atoms with Crippen molar-refractivity contribution >= 4 is 0 Å². The Morgan fingerprint density at radius 3 is 2.16 bits per heavy atom. The monoisotopic (exact) mass is 350 g/mol. The maximum Gasteiger partial charge on any atom is 0.0178 e. The molecule has 0 amide bonds. The molecule has 0 heterocycles. The first kappa shape index (κ1) is 24.1. The highest BCUT2D eigenvalue weighted by molar-refractivity contribution is 5.22. The highest BCUT2D eigenvalue weighted by Crippen LogP contribution is 2.31. The quantitative estimate of drug-likeness (QED) is 0.668. The maximum absolute atomic E-state index is 5.47. The van der Waals surface area contributed by atoms with Gasteiger partial charge in [-0.15, -0.1) is 0 Å². The number of nitrogens with zero attached hydrogens (tertiary/aromatic N) is 1. The minimum Gasteiger partial charge on any atom is -0.326 e. The zero-order valence-electron chi connectivity index (χ0n) is 17.9. The normalized spacial score (nSPS) is 15.7. The summed E-state index contributed by atoms with van der Waals surface area (Å²) in [6.07, 6.45) is 9.88. The van der Waals surface area contributed by atoms with Crippen LogP contribution in [0, 0.1) is 11.8 Å². The van der Waals surface area contributed by atoms with E-state index in [4.69, 9.17) is 5.73 Å². The van der Waals surface area contributed by atoms with Crippen LogP contribution >= 0.6 is 0 Å². The summed E-state index contributed by atoms with van der Waals surface area (Å²) in [6.45, 7) is 10.4. The fourth-order valence-electron chi connectivity index (χ4n) is 3.66. The molecule has 1 aliphatic carbocycles. The van der Waals surface area contributed by atoms with Crippen molar-refractivity contribution in [3.8, 4) is 0 Å². The van der Waals surface area contributed by atoms with Crippen molar-refractivity contribution in [1.82, 2.24) is 4.90 Å². The number of benzene rings is 1. The molecule has 0 aromatic heterocycles. The lowest BCUT2D eigenvalue weighted by Gasteiger charge is -2.31. The first-order valence-electron chi connectivity index (χ1n) is 10.5. The Hall–Kier alpha value is -0.860. The van der Waals surface area contributed by atoms with Gasteiger partial charge in [0.1, 0.15) is 0 Å². The second-order valence-electron chi connectivity index (χ2n) is 7.21. The van der Waals surface area contributed by atoms with Crippen molar-refractivity contribution in [2.75, 3.05) is 20.6 Å². The van der Waals surface area contributed by atoms with E-state index < -0.39 is 0 Å². The lowest BCUT2D eigenvalue weighted by atomic mass is 9.78. The molecule has 1 aliphatic rings. The second-order valence-corrected chi connectivity index (χ2v) is 7.21. The van der Waals surface area contributed by atoms with Gasteiger partial charge < -0.3 is 10.6 Å². The third-order valence-electron chi connectivity index (χ3n) is 5.08. The number of hydrogen-bond acceptors (Lipinski definition) is 2. The largest absolute Gasteiger partial charge is 0.326 e. The van der Waals surface area contributed by atoms with Crippen molar-refractivity contribution in [3.63, 3.8) is 0 Å². The minimum atomic E-state index is 0. The Morgan fingerprint density at radius 2 is 1.68 bits per heavy atom. The molecule has 148 valence electrons. The van der Waals surface area contributed by atoms with Crippen molar-refractivity contribution in [2.45, 2.75) is 79.2 Å². The molecule has 0 aliphatic heterocycles. The topological polar surface area (TPSA) is 29.3 Å². The van der Waals surface area contributed by atoms with E-state index in [1.165, 1.54) is 56.2 Å². The number of nitrogens with two attached hydrogens (primary N) is 1. The van der Waals surface area contributed by atoms with Crippen LogP contribution in [-0.4, -0.2) is 25.5 Å². The predicted molar refractivity (Wildman–Crippen MR) is 116 cm³/mol. The Morgan fingerprint density at radius 1 is 1.08 bits per heavy atom. The molecule has 2 nitrogen and oxygen atoms in total. The van der Waals surface area contributed by atoms with Gasteiger partial charge in [0.25, 0.3) is 0 Å². The molecular formula is C23H46N2. The zero-order valence-corrected chi connectivity index (χ0v) is 17.9. The molecule has 2 rings (SSSR count). The van der Waals surface area contributed by atoms with E-state index in [0.29, 0.717) is 6.54 Å². The zero-order chi connectivity index (χ0) is 19.1. The highest BCUT2D eigenvalue weighted by Gasteiger charge is 2.22. The Balaban J connectivity index is 0.